The number of carbonyl (C=O) groups is 1. The van der Waals surface area contributed by atoms with Crippen molar-refractivity contribution in [2.75, 3.05) is 0 Å². The third kappa shape index (κ3) is 3.30. The molecule has 2 rings (SSSR count). The summed E-state index contributed by atoms with van der Waals surface area (Å²) in [5, 5.41) is 0. The Balaban J connectivity index is 2.43. The zero-order chi connectivity index (χ0) is 15.7. The molecule has 1 aromatic rings. The van der Waals surface area contributed by atoms with E-state index in [1.165, 1.54) is 18.2 Å². The van der Waals surface area contributed by atoms with Gasteiger partial charge in [-0.3, -0.25) is 4.79 Å². The molecule has 1 saturated carbocycles. The van der Waals surface area contributed by atoms with Crippen molar-refractivity contribution in [3.8, 4) is 0 Å². The molecule has 0 amide bonds. The molecule has 116 valence electrons. The summed E-state index contributed by atoms with van der Waals surface area (Å²) in [6.45, 7) is 4.03. The molecule has 1 nitrogen and oxygen atoms in total. The second kappa shape index (κ2) is 5.82. The maximum atomic E-state index is 13.1. The van der Waals surface area contributed by atoms with Crippen LogP contribution in [0.25, 0.3) is 0 Å². The first kappa shape index (κ1) is 16.1. The van der Waals surface area contributed by atoms with E-state index in [1.807, 2.05) is 13.8 Å². The molecule has 1 fully saturated rings. The van der Waals surface area contributed by atoms with Gasteiger partial charge in [0, 0.05) is 11.0 Å². The molecule has 0 atom stereocenters. The molecule has 0 aromatic heterocycles. The molecule has 4 heteroatoms. The highest BCUT2D eigenvalue weighted by molar-refractivity contribution is 6.02. The normalized spacial score (nSPS) is 18.2. The standard InChI is InChI=1S/C17H21F3O/c1-12(2)11-16(9-5-6-10-16)15(21)13-7-3-4-8-14(13)17(18,19)20/h3-4,7-8,12H,5-6,9-11H2,1-2H3. The van der Waals surface area contributed by atoms with Gasteiger partial charge < -0.3 is 0 Å². The Bertz CT molecular complexity index is 511. The van der Waals surface area contributed by atoms with Crippen LogP contribution in [0.1, 0.15) is 61.9 Å². The summed E-state index contributed by atoms with van der Waals surface area (Å²) in [6.07, 6.45) is -0.562. The fourth-order valence-electron chi connectivity index (χ4n) is 3.57. The minimum atomic E-state index is -4.48. The van der Waals surface area contributed by atoms with Crippen molar-refractivity contribution in [2.24, 2.45) is 11.3 Å². The number of carbonyl (C=O) groups excluding carboxylic acids is 1. The van der Waals surface area contributed by atoms with Gasteiger partial charge in [0.15, 0.2) is 5.78 Å². The first-order valence-electron chi connectivity index (χ1n) is 7.47. The summed E-state index contributed by atoms with van der Waals surface area (Å²) in [7, 11) is 0. The van der Waals surface area contributed by atoms with Crippen LogP contribution in [0.2, 0.25) is 0 Å². The predicted molar refractivity (Wildman–Crippen MR) is 76.1 cm³/mol. The molecule has 1 aliphatic rings. The molecule has 1 aliphatic carbocycles. The SMILES string of the molecule is CC(C)CC1(C(=O)c2ccccc2C(F)(F)F)CCCC1. The maximum absolute atomic E-state index is 13.1. The topological polar surface area (TPSA) is 17.1 Å². The molecule has 0 N–H and O–H groups in total. The summed E-state index contributed by atoms with van der Waals surface area (Å²) in [5.74, 6) is -0.0216. The van der Waals surface area contributed by atoms with Gasteiger partial charge in [0.05, 0.1) is 5.56 Å². The van der Waals surface area contributed by atoms with Crippen molar-refractivity contribution in [3.63, 3.8) is 0 Å². The zero-order valence-corrected chi connectivity index (χ0v) is 12.5. The van der Waals surface area contributed by atoms with Gasteiger partial charge in [-0.15, -0.1) is 0 Å². The van der Waals surface area contributed by atoms with E-state index < -0.39 is 17.2 Å². The lowest BCUT2D eigenvalue weighted by Crippen LogP contribution is -2.31. The van der Waals surface area contributed by atoms with Crippen molar-refractivity contribution < 1.29 is 18.0 Å². The first-order valence-corrected chi connectivity index (χ1v) is 7.47. The monoisotopic (exact) mass is 298 g/mol. The molecule has 0 bridgehead atoms. The summed E-state index contributed by atoms with van der Waals surface area (Å²) in [5.41, 5.74) is -1.56. The van der Waals surface area contributed by atoms with E-state index >= 15 is 0 Å². The van der Waals surface area contributed by atoms with E-state index in [0.717, 1.165) is 18.9 Å². The number of hydrogen-bond donors (Lipinski definition) is 0. The summed E-state index contributed by atoms with van der Waals surface area (Å²) >= 11 is 0. The molecule has 0 heterocycles. The smallest absolute Gasteiger partial charge is 0.294 e. The highest BCUT2D eigenvalue weighted by Crippen LogP contribution is 2.47. The van der Waals surface area contributed by atoms with E-state index in [0.29, 0.717) is 25.2 Å². The van der Waals surface area contributed by atoms with E-state index in [-0.39, 0.29) is 11.3 Å². The lowest BCUT2D eigenvalue weighted by molar-refractivity contribution is -0.138. The number of hydrogen-bond acceptors (Lipinski definition) is 1. The van der Waals surface area contributed by atoms with Gasteiger partial charge in [-0.25, -0.2) is 0 Å². The maximum Gasteiger partial charge on any atom is 0.417 e. The van der Waals surface area contributed by atoms with Crippen molar-refractivity contribution in [1.82, 2.24) is 0 Å². The fraction of sp³-hybridized carbons (Fsp3) is 0.588. The van der Waals surface area contributed by atoms with Gasteiger partial charge in [0.25, 0.3) is 0 Å². The Morgan fingerprint density at radius 3 is 2.29 bits per heavy atom. The van der Waals surface area contributed by atoms with Gasteiger partial charge in [0.1, 0.15) is 0 Å². The Hall–Kier alpha value is -1.32. The van der Waals surface area contributed by atoms with Crippen LogP contribution in [-0.2, 0) is 6.18 Å². The summed E-state index contributed by atoms with van der Waals surface area (Å²) in [6, 6.07) is 5.18. The highest BCUT2D eigenvalue weighted by atomic mass is 19.4. The number of rotatable bonds is 4. The van der Waals surface area contributed by atoms with Gasteiger partial charge in [0.2, 0.25) is 0 Å². The third-order valence-electron chi connectivity index (χ3n) is 4.32. The Kier molecular flexibility index (Phi) is 4.45. The summed E-state index contributed by atoms with van der Waals surface area (Å²) < 4.78 is 39.4. The quantitative estimate of drug-likeness (QED) is 0.671. The van der Waals surface area contributed by atoms with Crippen molar-refractivity contribution in [1.29, 1.82) is 0 Å². The zero-order valence-electron chi connectivity index (χ0n) is 12.5. The van der Waals surface area contributed by atoms with E-state index in [9.17, 15) is 18.0 Å². The van der Waals surface area contributed by atoms with Crippen LogP contribution in [-0.4, -0.2) is 5.78 Å². The molecule has 0 radical (unpaired) electrons. The Morgan fingerprint density at radius 2 is 1.76 bits per heavy atom. The van der Waals surface area contributed by atoms with Gasteiger partial charge in [-0.1, -0.05) is 44.9 Å². The molecule has 0 unspecified atom stereocenters. The molecular weight excluding hydrogens is 277 g/mol. The average Bonchev–Trinajstić information content (AvgIpc) is 2.85. The minimum absolute atomic E-state index is 0.160. The van der Waals surface area contributed by atoms with Crippen LogP contribution < -0.4 is 0 Å². The van der Waals surface area contributed by atoms with Crippen molar-refractivity contribution in [3.05, 3.63) is 35.4 Å². The van der Waals surface area contributed by atoms with Gasteiger partial charge in [-0.2, -0.15) is 13.2 Å². The first-order chi connectivity index (χ1) is 9.76. The number of Topliss-reactive ketones (excluding diaryl/α,β-unsaturated/α-hetero) is 1. The number of ketones is 1. The minimum Gasteiger partial charge on any atom is -0.294 e. The van der Waals surface area contributed by atoms with Crippen LogP contribution in [0.4, 0.5) is 13.2 Å². The van der Waals surface area contributed by atoms with Gasteiger partial charge >= 0.3 is 6.18 Å². The highest BCUT2D eigenvalue weighted by Gasteiger charge is 2.44. The van der Waals surface area contributed by atoms with Crippen LogP contribution in [0, 0.1) is 11.3 Å². The summed E-state index contributed by atoms with van der Waals surface area (Å²) in [4.78, 5) is 12.9. The molecule has 0 aliphatic heterocycles. The molecule has 0 saturated heterocycles. The second-order valence-electron chi connectivity index (χ2n) is 6.46. The van der Waals surface area contributed by atoms with Crippen molar-refractivity contribution >= 4 is 5.78 Å². The van der Waals surface area contributed by atoms with Crippen molar-refractivity contribution in [2.45, 2.75) is 52.1 Å². The number of benzene rings is 1. The van der Waals surface area contributed by atoms with Crippen LogP contribution in [0.5, 0.6) is 0 Å². The van der Waals surface area contributed by atoms with E-state index in [2.05, 4.69) is 0 Å². The van der Waals surface area contributed by atoms with E-state index in [4.69, 9.17) is 0 Å². The lowest BCUT2D eigenvalue weighted by atomic mass is 9.72. The number of alkyl halides is 3. The van der Waals surface area contributed by atoms with Crippen LogP contribution in [0.3, 0.4) is 0 Å². The molecular formula is C17H21F3O. The average molecular weight is 298 g/mol. The van der Waals surface area contributed by atoms with Crippen LogP contribution in [0.15, 0.2) is 24.3 Å². The van der Waals surface area contributed by atoms with Gasteiger partial charge in [-0.05, 0) is 31.2 Å². The number of halogens is 3. The Morgan fingerprint density at radius 1 is 1.19 bits per heavy atom. The predicted octanol–water partition coefficient (Wildman–Crippen LogP) is 5.49. The molecule has 1 aromatic carbocycles. The molecule has 21 heavy (non-hydrogen) atoms. The Labute approximate surface area is 123 Å². The second-order valence-corrected chi connectivity index (χ2v) is 6.46. The van der Waals surface area contributed by atoms with Crippen LogP contribution >= 0.6 is 0 Å². The molecule has 0 spiro atoms. The third-order valence-corrected chi connectivity index (χ3v) is 4.32. The largest absolute Gasteiger partial charge is 0.417 e. The van der Waals surface area contributed by atoms with E-state index in [1.54, 1.807) is 0 Å². The fourth-order valence-corrected chi connectivity index (χ4v) is 3.57. The lowest BCUT2D eigenvalue weighted by Gasteiger charge is -2.30.